The Morgan fingerprint density at radius 1 is 0.926 bits per heavy atom. The number of barbiturate groups is 1. The smallest absolute Gasteiger partial charge is 0.273 e. The maximum Gasteiger partial charge on any atom is 0.331 e. The van der Waals surface area contributed by atoms with Gasteiger partial charge in [0.25, 0.3) is 11.8 Å². The molecule has 1 saturated heterocycles. The summed E-state index contributed by atoms with van der Waals surface area (Å²) in [5.41, 5.74) is 0.702. The molecule has 3 aromatic rings. The highest BCUT2D eigenvalue weighted by Crippen LogP contribution is 2.30. The number of imide groups is 2. The largest absolute Gasteiger partial charge is 0.331 e. The van der Waals surface area contributed by atoms with E-state index in [4.69, 9.17) is 0 Å². The molecule has 0 aromatic heterocycles. The summed E-state index contributed by atoms with van der Waals surface area (Å²) >= 11 is 0. The SMILES string of the molecule is C=CCN1C(=O)NC(=O)/C(=C/c2c3ccccc3cc3ccccc23)C1=O. The molecule has 4 amide bonds. The van der Waals surface area contributed by atoms with Gasteiger partial charge in [-0.2, -0.15) is 0 Å². The zero-order chi connectivity index (χ0) is 19.0. The minimum Gasteiger partial charge on any atom is -0.273 e. The molecule has 0 unspecified atom stereocenters. The number of nitrogens with zero attached hydrogens (tertiary/aromatic N) is 1. The first-order chi connectivity index (χ1) is 13.1. The third-order valence-corrected chi connectivity index (χ3v) is 4.60. The summed E-state index contributed by atoms with van der Waals surface area (Å²) in [7, 11) is 0. The van der Waals surface area contributed by atoms with Crippen LogP contribution < -0.4 is 5.32 Å². The van der Waals surface area contributed by atoms with Gasteiger partial charge in [-0.05, 0) is 39.3 Å². The molecule has 1 N–H and O–H groups in total. The molecule has 0 bridgehead atoms. The minimum atomic E-state index is -0.732. The summed E-state index contributed by atoms with van der Waals surface area (Å²) in [6, 6.07) is 16.9. The van der Waals surface area contributed by atoms with E-state index in [1.165, 1.54) is 6.08 Å². The first-order valence-electron chi connectivity index (χ1n) is 8.50. The first kappa shape index (κ1) is 16.7. The number of hydrogen-bond donors (Lipinski definition) is 1. The Morgan fingerprint density at radius 3 is 2.11 bits per heavy atom. The lowest BCUT2D eigenvalue weighted by Crippen LogP contribution is -2.54. The Labute approximate surface area is 155 Å². The third-order valence-electron chi connectivity index (χ3n) is 4.60. The zero-order valence-corrected chi connectivity index (χ0v) is 14.4. The van der Waals surface area contributed by atoms with Crippen molar-refractivity contribution in [2.45, 2.75) is 0 Å². The number of carbonyl (C=O) groups excluding carboxylic acids is 3. The van der Waals surface area contributed by atoms with Crippen molar-refractivity contribution in [1.29, 1.82) is 0 Å². The van der Waals surface area contributed by atoms with E-state index < -0.39 is 17.8 Å². The van der Waals surface area contributed by atoms with E-state index in [-0.39, 0.29) is 12.1 Å². The van der Waals surface area contributed by atoms with Crippen molar-refractivity contribution >= 4 is 45.5 Å². The van der Waals surface area contributed by atoms with E-state index in [9.17, 15) is 14.4 Å². The van der Waals surface area contributed by atoms with Crippen LogP contribution in [0.2, 0.25) is 0 Å². The second-order valence-corrected chi connectivity index (χ2v) is 6.25. The Bertz CT molecular complexity index is 1110. The van der Waals surface area contributed by atoms with Crippen LogP contribution in [0.3, 0.4) is 0 Å². The number of nitrogens with one attached hydrogen (secondary N) is 1. The molecule has 3 aromatic carbocycles. The highest BCUT2D eigenvalue weighted by Gasteiger charge is 2.35. The molecule has 27 heavy (non-hydrogen) atoms. The number of rotatable bonds is 3. The van der Waals surface area contributed by atoms with Gasteiger partial charge in [-0.15, -0.1) is 6.58 Å². The highest BCUT2D eigenvalue weighted by molar-refractivity contribution is 6.31. The third kappa shape index (κ3) is 2.79. The van der Waals surface area contributed by atoms with E-state index in [1.807, 2.05) is 48.5 Å². The van der Waals surface area contributed by atoms with E-state index in [1.54, 1.807) is 6.08 Å². The van der Waals surface area contributed by atoms with Gasteiger partial charge >= 0.3 is 6.03 Å². The molecule has 0 atom stereocenters. The molecular weight excluding hydrogens is 340 g/mol. The molecule has 1 heterocycles. The lowest BCUT2D eigenvalue weighted by atomic mass is 9.94. The van der Waals surface area contributed by atoms with Gasteiger partial charge in [-0.1, -0.05) is 54.6 Å². The second kappa shape index (κ2) is 6.53. The first-order valence-corrected chi connectivity index (χ1v) is 8.50. The summed E-state index contributed by atoms with van der Waals surface area (Å²) in [6.07, 6.45) is 3.02. The van der Waals surface area contributed by atoms with E-state index >= 15 is 0 Å². The normalized spacial score (nSPS) is 16.2. The zero-order valence-electron chi connectivity index (χ0n) is 14.4. The molecule has 0 saturated carbocycles. The summed E-state index contributed by atoms with van der Waals surface area (Å²) in [5.74, 6) is -1.32. The maximum atomic E-state index is 12.7. The van der Waals surface area contributed by atoms with Crippen LogP contribution in [0.15, 0.2) is 72.8 Å². The topological polar surface area (TPSA) is 66.5 Å². The minimum absolute atomic E-state index is 0.0333. The second-order valence-electron chi connectivity index (χ2n) is 6.25. The number of amides is 4. The average molecular weight is 356 g/mol. The Balaban J connectivity index is 1.98. The Morgan fingerprint density at radius 2 is 1.52 bits per heavy atom. The lowest BCUT2D eigenvalue weighted by molar-refractivity contribution is -0.129. The molecule has 1 aliphatic rings. The lowest BCUT2D eigenvalue weighted by Gasteiger charge is -2.25. The van der Waals surface area contributed by atoms with Crippen molar-refractivity contribution in [3.8, 4) is 0 Å². The molecule has 0 radical (unpaired) electrons. The predicted molar refractivity (Wildman–Crippen MR) is 105 cm³/mol. The monoisotopic (exact) mass is 356 g/mol. The number of hydrogen-bond acceptors (Lipinski definition) is 3. The van der Waals surface area contributed by atoms with Crippen molar-refractivity contribution in [2.75, 3.05) is 6.54 Å². The summed E-state index contributed by atoms with van der Waals surface area (Å²) in [6.45, 7) is 3.59. The fraction of sp³-hybridized carbons (Fsp3) is 0.0455. The van der Waals surface area contributed by atoms with Crippen LogP contribution in [0.5, 0.6) is 0 Å². The number of benzene rings is 3. The van der Waals surface area contributed by atoms with Crippen LogP contribution in [0.25, 0.3) is 27.6 Å². The van der Waals surface area contributed by atoms with Gasteiger partial charge in [0, 0.05) is 6.54 Å². The molecule has 0 aliphatic carbocycles. The number of urea groups is 1. The van der Waals surface area contributed by atoms with Gasteiger partial charge in [0.05, 0.1) is 0 Å². The van der Waals surface area contributed by atoms with Crippen LogP contribution >= 0.6 is 0 Å². The van der Waals surface area contributed by atoms with Crippen LogP contribution in [0.4, 0.5) is 4.79 Å². The number of carbonyl (C=O) groups is 3. The van der Waals surface area contributed by atoms with Crippen LogP contribution in [0, 0.1) is 0 Å². The predicted octanol–water partition coefficient (Wildman–Crippen LogP) is 3.64. The quantitative estimate of drug-likeness (QED) is 0.337. The van der Waals surface area contributed by atoms with Crippen molar-refractivity contribution in [3.05, 3.63) is 78.4 Å². The van der Waals surface area contributed by atoms with Gasteiger partial charge < -0.3 is 0 Å². The van der Waals surface area contributed by atoms with Gasteiger partial charge in [-0.25, -0.2) is 4.79 Å². The maximum absolute atomic E-state index is 12.7. The van der Waals surface area contributed by atoms with Crippen LogP contribution in [0.1, 0.15) is 5.56 Å². The number of fused-ring (bicyclic) bond motifs is 2. The van der Waals surface area contributed by atoms with Crippen LogP contribution in [-0.4, -0.2) is 29.3 Å². The van der Waals surface area contributed by atoms with E-state index in [0.717, 1.165) is 32.0 Å². The summed E-state index contributed by atoms with van der Waals surface area (Å²) < 4.78 is 0. The highest BCUT2D eigenvalue weighted by atomic mass is 16.2. The van der Waals surface area contributed by atoms with E-state index in [0.29, 0.717) is 0 Å². The average Bonchev–Trinajstić information content (AvgIpc) is 2.67. The molecular formula is C22H16N2O3. The van der Waals surface area contributed by atoms with Crippen molar-refractivity contribution in [1.82, 2.24) is 10.2 Å². The van der Waals surface area contributed by atoms with Crippen LogP contribution in [-0.2, 0) is 9.59 Å². The van der Waals surface area contributed by atoms with Crippen molar-refractivity contribution in [2.24, 2.45) is 0 Å². The Kier molecular flexibility index (Phi) is 4.05. The van der Waals surface area contributed by atoms with E-state index in [2.05, 4.69) is 18.0 Å². The molecule has 5 nitrogen and oxygen atoms in total. The van der Waals surface area contributed by atoms with Crippen molar-refractivity contribution in [3.63, 3.8) is 0 Å². The fourth-order valence-corrected chi connectivity index (χ4v) is 3.34. The van der Waals surface area contributed by atoms with Gasteiger partial charge in [0.2, 0.25) is 0 Å². The molecule has 132 valence electrons. The van der Waals surface area contributed by atoms with Gasteiger partial charge in [-0.3, -0.25) is 19.8 Å². The fourth-order valence-electron chi connectivity index (χ4n) is 3.34. The Hall–Kier alpha value is -3.73. The van der Waals surface area contributed by atoms with Gasteiger partial charge in [0.1, 0.15) is 5.57 Å². The molecule has 4 rings (SSSR count). The summed E-state index contributed by atoms with van der Waals surface area (Å²) in [5, 5.41) is 6.09. The van der Waals surface area contributed by atoms with Gasteiger partial charge in [0.15, 0.2) is 0 Å². The molecule has 1 fully saturated rings. The molecule has 1 aliphatic heterocycles. The molecule has 0 spiro atoms. The standard InChI is InChI=1S/C22H16N2O3/c1-2-11-24-21(26)19(20(25)23-22(24)27)13-18-16-9-5-3-7-14(16)12-15-8-4-6-10-17(15)18/h2-10,12-13H,1,11H2,(H,23,25,27)/b19-13-. The van der Waals surface area contributed by atoms with Crippen molar-refractivity contribution < 1.29 is 14.4 Å². The molecule has 5 heteroatoms. The summed E-state index contributed by atoms with van der Waals surface area (Å²) in [4.78, 5) is 38.0.